The maximum Gasteiger partial charge on any atom is 0.242 e. The van der Waals surface area contributed by atoms with Gasteiger partial charge in [0.25, 0.3) is 0 Å². The third kappa shape index (κ3) is 3.85. The molecule has 1 aromatic rings. The van der Waals surface area contributed by atoms with E-state index in [0.29, 0.717) is 18.0 Å². The van der Waals surface area contributed by atoms with Crippen molar-refractivity contribution in [3.05, 3.63) is 18.0 Å². The minimum Gasteiger partial charge on any atom is -0.378 e. The van der Waals surface area contributed by atoms with Crippen LogP contribution in [0, 0.1) is 0 Å². The Morgan fingerprint density at radius 2 is 2.10 bits per heavy atom. The van der Waals surface area contributed by atoms with Crippen molar-refractivity contribution in [2.45, 2.75) is 56.8 Å². The number of ether oxygens (including phenoxy) is 1. The van der Waals surface area contributed by atoms with E-state index in [-0.39, 0.29) is 12.1 Å². The molecule has 0 unspecified atom stereocenters. The number of aryl methyl sites for hydroxylation is 1. The predicted octanol–water partition coefficient (Wildman–Crippen LogP) is 1.07. The van der Waals surface area contributed by atoms with Crippen molar-refractivity contribution in [3.63, 3.8) is 0 Å². The summed E-state index contributed by atoms with van der Waals surface area (Å²) in [7, 11) is -1.59. The first-order valence-electron chi connectivity index (χ1n) is 7.47. The predicted molar refractivity (Wildman–Crippen MR) is 81.6 cm³/mol. The Morgan fingerprint density at radius 3 is 2.67 bits per heavy atom. The summed E-state index contributed by atoms with van der Waals surface area (Å²) in [6.45, 7) is 6.04. The fourth-order valence-corrected chi connectivity index (χ4v) is 3.94. The van der Waals surface area contributed by atoms with E-state index in [1.165, 1.54) is 0 Å². The van der Waals surface area contributed by atoms with Crippen LogP contribution in [0.1, 0.15) is 32.4 Å². The van der Waals surface area contributed by atoms with E-state index in [1.54, 1.807) is 12.3 Å². The summed E-state index contributed by atoms with van der Waals surface area (Å²) in [4.78, 5) is 0.342. The van der Waals surface area contributed by atoms with Crippen molar-refractivity contribution in [3.8, 4) is 0 Å². The smallest absolute Gasteiger partial charge is 0.242 e. The second kappa shape index (κ2) is 6.91. The molecule has 1 aliphatic rings. The summed E-state index contributed by atoms with van der Waals surface area (Å²) in [6.07, 6.45) is 3.41. The molecule has 1 saturated carbocycles. The van der Waals surface area contributed by atoms with E-state index < -0.39 is 10.0 Å². The minimum atomic E-state index is -3.44. The number of nitrogens with zero attached hydrogens (tertiary/aromatic N) is 1. The molecule has 0 atom stereocenters. The Bertz CT molecular complexity index is 562. The molecule has 0 bridgehead atoms. The molecule has 2 N–H and O–H groups in total. The highest BCUT2D eigenvalue weighted by atomic mass is 32.2. The molecule has 1 aromatic heterocycles. The topological polar surface area (TPSA) is 72.4 Å². The molecule has 0 radical (unpaired) electrons. The summed E-state index contributed by atoms with van der Waals surface area (Å²) in [5.74, 6) is 0. The van der Waals surface area contributed by atoms with Gasteiger partial charge in [-0.1, -0.05) is 0 Å². The Labute approximate surface area is 126 Å². The fourth-order valence-electron chi connectivity index (χ4n) is 2.62. The van der Waals surface area contributed by atoms with Gasteiger partial charge < -0.3 is 14.6 Å². The second-order valence-corrected chi connectivity index (χ2v) is 7.06. The van der Waals surface area contributed by atoms with Crippen LogP contribution in [0.4, 0.5) is 0 Å². The number of rotatable bonds is 8. The average Bonchev–Trinajstić information content (AvgIpc) is 2.81. The van der Waals surface area contributed by atoms with Crippen molar-refractivity contribution in [1.82, 2.24) is 14.6 Å². The van der Waals surface area contributed by atoms with Crippen LogP contribution in [-0.4, -0.2) is 38.8 Å². The van der Waals surface area contributed by atoms with Crippen LogP contribution in [0.15, 0.2) is 17.2 Å². The molecule has 6 nitrogen and oxygen atoms in total. The first-order chi connectivity index (χ1) is 10.00. The summed E-state index contributed by atoms with van der Waals surface area (Å²) in [5, 5.41) is 3.05. The Morgan fingerprint density at radius 1 is 1.38 bits per heavy atom. The van der Waals surface area contributed by atoms with Crippen LogP contribution in [-0.2, 0) is 27.8 Å². The number of nitrogens with one attached hydrogen (secondary N) is 2. The zero-order valence-electron chi connectivity index (χ0n) is 12.9. The Balaban J connectivity index is 2.03. The van der Waals surface area contributed by atoms with Crippen LogP contribution in [0.25, 0.3) is 0 Å². The van der Waals surface area contributed by atoms with E-state index in [4.69, 9.17) is 4.74 Å². The molecule has 7 heteroatoms. The third-order valence-electron chi connectivity index (χ3n) is 3.79. The van der Waals surface area contributed by atoms with E-state index in [9.17, 15) is 8.42 Å². The number of sulfonamides is 1. The lowest BCUT2D eigenvalue weighted by molar-refractivity contribution is -0.00475. The summed E-state index contributed by atoms with van der Waals surface area (Å²) >= 11 is 0. The molecule has 0 aromatic carbocycles. The molecule has 0 spiro atoms. The summed E-state index contributed by atoms with van der Waals surface area (Å²) < 4.78 is 35.0. The largest absolute Gasteiger partial charge is 0.378 e. The molecule has 2 rings (SSSR count). The molecule has 0 aliphatic heterocycles. The Hall–Kier alpha value is -0.890. The average molecular weight is 315 g/mol. The van der Waals surface area contributed by atoms with Crippen LogP contribution >= 0.6 is 0 Å². The summed E-state index contributed by atoms with van der Waals surface area (Å²) in [6, 6.07) is 1.73. The lowest BCUT2D eigenvalue weighted by Crippen LogP contribution is -2.47. The van der Waals surface area contributed by atoms with E-state index >= 15 is 0 Å². The number of hydrogen-bond acceptors (Lipinski definition) is 4. The molecule has 1 heterocycles. The molecule has 1 fully saturated rings. The fraction of sp³-hybridized carbons (Fsp3) is 0.714. The molecule has 0 saturated heterocycles. The lowest BCUT2D eigenvalue weighted by atomic mass is 9.90. The molecular formula is C14H25N3O3S. The number of hydrogen-bond donors (Lipinski definition) is 2. The van der Waals surface area contributed by atoms with Gasteiger partial charge in [-0.25, -0.2) is 13.1 Å². The van der Waals surface area contributed by atoms with Crippen molar-refractivity contribution in [2.24, 2.45) is 0 Å². The van der Waals surface area contributed by atoms with Gasteiger partial charge in [0.15, 0.2) is 0 Å². The highest BCUT2D eigenvalue weighted by molar-refractivity contribution is 7.89. The van der Waals surface area contributed by atoms with Gasteiger partial charge in [0.05, 0.1) is 11.0 Å². The maximum absolute atomic E-state index is 12.4. The molecule has 21 heavy (non-hydrogen) atoms. The van der Waals surface area contributed by atoms with Gasteiger partial charge >= 0.3 is 0 Å². The molecular weight excluding hydrogens is 290 g/mol. The maximum atomic E-state index is 12.4. The quantitative estimate of drug-likeness (QED) is 0.753. The van der Waals surface area contributed by atoms with Gasteiger partial charge in [0.2, 0.25) is 10.0 Å². The van der Waals surface area contributed by atoms with E-state index in [0.717, 1.165) is 25.1 Å². The minimum absolute atomic E-state index is 0.00993. The zero-order valence-corrected chi connectivity index (χ0v) is 13.7. The van der Waals surface area contributed by atoms with Gasteiger partial charge in [-0.2, -0.15) is 0 Å². The zero-order chi connectivity index (χ0) is 15.5. The van der Waals surface area contributed by atoms with E-state index in [1.807, 2.05) is 25.5 Å². The monoisotopic (exact) mass is 315 g/mol. The van der Waals surface area contributed by atoms with Crippen molar-refractivity contribution in [1.29, 1.82) is 0 Å². The van der Waals surface area contributed by atoms with Gasteiger partial charge in [-0.3, -0.25) is 0 Å². The highest BCUT2D eigenvalue weighted by Gasteiger charge is 2.33. The van der Waals surface area contributed by atoms with Crippen LogP contribution < -0.4 is 10.0 Å². The van der Waals surface area contributed by atoms with Crippen LogP contribution in [0.3, 0.4) is 0 Å². The number of aromatic nitrogens is 1. The standard InChI is InChI=1S/C14H25N3O3S/c1-4-17-10-14(8-12(17)9-15-3)21(18,19)16-11-6-13(7-11)20-5-2/h8,10-11,13,15-16H,4-7,9H2,1-3H3. The second-order valence-electron chi connectivity index (χ2n) is 5.35. The Kier molecular flexibility index (Phi) is 5.43. The first-order valence-corrected chi connectivity index (χ1v) is 8.96. The van der Waals surface area contributed by atoms with Crippen molar-refractivity contribution >= 4 is 10.0 Å². The van der Waals surface area contributed by atoms with Gasteiger partial charge in [-0.05, 0) is 39.8 Å². The lowest BCUT2D eigenvalue weighted by Gasteiger charge is -2.34. The normalized spacial score (nSPS) is 22.2. The van der Waals surface area contributed by atoms with Crippen molar-refractivity contribution in [2.75, 3.05) is 13.7 Å². The first kappa shape index (κ1) is 16.5. The highest BCUT2D eigenvalue weighted by Crippen LogP contribution is 2.25. The summed E-state index contributed by atoms with van der Waals surface area (Å²) in [5.41, 5.74) is 0.973. The van der Waals surface area contributed by atoms with E-state index in [2.05, 4.69) is 10.0 Å². The SMILES string of the molecule is CCOC1CC(NS(=O)(=O)c2cc(CNC)n(CC)c2)C1. The molecule has 120 valence electrons. The van der Waals surface area contributed by atoms with Crippen LogP contribution in [0.5, 0.6) is 0 Å². The molecule has 1 aliphatic carbocycles. The van der Waals surface area contributed by atoms with Gasteiger partial charge in [0.1, 0.15) is 0 Å². The third-order valence-corrected chi connectivity index (χ3v) is 5.28. The molecule has 0 amide bonds. The van der Waals surface area contributed by atoms with Crippen molar-refractivity contribution < 1.29 is 13.2 Å². The van der Waals surface area contributed by atoms with Gasteiger partial charge in [-0.15, -0.1) is 0 Å². The van der Waals surface area contributed by atoms with Gasteiger partial charge in [0, 0.05) is 37.6 Å². The van der Waals surface area contributed by atoms with Crippen LogP contribution in [0.2, 0.25) is 0 Å².